The van der Waals surface area contributed by atoms with E-state index in [1.165, 1.54) is 63.9 Å². The molecule has 0 bridgehead atoms. The van der Waals surface area contributed by atoms with Crippen molar-refractivity contribution in [1.82, 2.24) is 4.98 Å². The van der Waals surface area contributed by atoms with Crippen LogP contribution >= 0.6 is 0 Å². The summed E-state index contributed by atoms with van der Waals surface area (Å²) in [7, 11) is 0. The number of pyridine rings is 1. The summed E-state index contributed by atoms with van der Waals surface area (Å²) < 4.78 is 26.5. The maximum absolute atomic E-state index is 13.6. The summed E-state index contributed by atoms with van der Waals surface area (Å²) >= 11 is 0. The highest BCUT2D eigenvalue weighted by Gasteiger charge is 2.30. The van der Waals surface area contributed by atoms with Gasteiger partial charge in [-0.1, -0.05) is 39.0 Å². The van der Waals surface area contributed by atoms with Crippen LogP contribution in [0.4, 0.5) is 8.78 Å². The van der Waals surface area contributed by atoms with Gasteiger partial charge in [0.15, 0.2) is 0 Å². The Bertz CT molecular complexity index is 515. The number of aryl methyl sites for hydroxylation is 1. The van der Waals surface area contributed by atoms with Crippen LogP contribution in [0.3, 0.4) is 0 Å². The van der Waals surface area contributed by atoms with Crippen molar-refractivity contribution < 1.29 is 8.78 Å². The predicted octanol–water partition coefficient (Wildman–Crippen LogP) is 6.32. The van der Waals surface area contributed by atoms with Crippen LogP contribution in [0.1, 0.15) is 76.7 Å². The van der Waals surface area contributed by atoms with Crippen LogP contribution in [-0.2, 0) is 6.42 Å². The van der Waals surface area contributed by atoms with Crippen LogP contribution in [0.5, 0.6) is 0 Å². The Balaban J connectivity index is 1.41. The predicted molar refractivity (Wildman–Crippen MR) is 93.7 cm³/mol. The van der Waals surface area contributed by atoms with E-state index in [1.807, 2.05) is 0 Å². The fraction of sp³-hybridized carbons (Fsp3) is 0.762. The van der Waals surface area contributed by atoms with E-state index >= 15 is 0 Å². The molecule has 1 aromatic heterocycles. The molecule has 2 saturated carbocycles. The molecule has 0 N–H and O–H groups in total. The SMILES string of the molecule is CCC1CCC(C2CCC(CCc3ccc(F)nc3F)CC2)CC1. The Morgan fingerprint density at radius 2 is 1.46 bits per heavy atom. The number of rotatable bonds is 5. The molecule has 3 rings (SSSR count). The Morgan fingerprint density at radius 1 is 0.875 bits per heavy atom. The topological polar surface area (TPSA) is 12.9 Å². The Hall–Kier alpha value is -0.990. The number of aromatic nitrogens is 1. The fourth-order valence-corrected chi connectivity index (χ4v) is 5.00. The highest BCUT2D eigenvalue weighted by Crippen LogP contribution is 2.42. The largest absolute Gasteiger partial charge is 0.218 e. The highest BCUT2D eigenvalue weighted by molar-refractivity contribution is 5.11. The third kappa shape index (κ3) is 4.55. The summed E-state index contributed by atoms with van der Waals surface area (Å²) in [5.41, 5.74) is 0.566. The standard InChI is InChI=1S/C21H31F2N/c1-2-15-3-8-17(9-4-15)18-10-5-16(6-11-18)7-12-19-13-14-20(22)24-21(19)23/h13-18H,2-12H2,1H3. The number of hydrogen-bond donors (Lipinski definition) is 0. The average Bonchev–Trinajstić information content (AvgIpc) is 2.62. The van der Waals surface area contributed by atoms with Crippen molar-refractivity contribution in [1.29, 1.82) is 0 Å². The molecule has 0 aromatic carbocycles. The van der Waals surface area contributed by atoms with Crippen molar-refractivity contribution in [3.05, 3.63) is 29.6 Å². The van der Waals surface area contributed by atoms with E-state index in [0.29, 0.717) is 17.9 Å². The second kappa shape index (κ2) is 8.40. The summed E-state index contributed by atoms with van der Waals surface area (Å²) in [6.07, 6.45) is 14.1. The first-order chi connectivity index (χ1) is 11.7. The van der Waals surface area contributed by atoms with E-state index in [0.717, 1.165) is 24.2 Å². The van der Waals surface area contributed by atoms with E-state index < -0.39 is 11.9 Å². The highest BCUT2D eigenvalue weighted by atomic mass is 19.1. The first-order valence-electron chi connectivity index (χ1n) is 9.96. The van der Waals surface area contributed by atoms with Crippen LogP contribution in [0, 0.1) is 35.6 Å². The zero-order chi connectivity index (χ0) is 16.9. The lowest BCUT2D eigenvalue weighted by Crippen LogP contribution is -2.25. The van der Waals surface area contributed by atoms with Gasteiger partial charge in [0.2, 0.25) is 11.9 Å². The second-order valence-electron chi connectivity index (χ2n) is 8.09. The molecule has 1 nitrogen and oxygen atoms in total. The molecule has 0 unspecified atom stereocenters. The molecular formula is C21H31F2N. The minimum absolute atomic E-state index is 0.566. The molecular weight excluding hydrogens is 304 g/mol. The first-order valence-corrected chi connectivity index (χ1v) is 9.96. The average molecular weight is 335 g/mol. The van der Waals surface area contributed by atoms with Gasteiger partial charge >= 0.3 is 0 Å². The minimum Gasteiger partial charge on any atom is -0.190 e. The van der Waals surface area contributed by atoms with Crippen LogP contribution < -0.4 is 0 Å². The summed E-state index contributed by atoms with van der Waals surface area (Å²) in [5.74, 6) is 2.23. The van der Waals surface area contributed by atoms with Gasteiger partial charge in [0.05, 0.1) is 0 Å². The smallest absolute Gasteiger partial charge is 0.190 e. The fourth-order valence-electron chi connectivity index (χ4n) is 5.00. The molecule has 24 heavy (non-hydrogen) atoms. The van der Waals surface area contributed by atoms with Crippen molar-refractivity contribution in [2.75, 3.05) is 0 Å². The van der Waals surface area contributed by atoms with Gasteiger partial charge in [0.25, 0.3) is 0 Å². The van der Waals surface area contributed by atoms with Gasteiger partial charge in [-0.25, -0.2) is 0 Å². The van der Waals surface area contributed by atoms with Crippen molar-refractivity contribution in [2.45, 2.75) is 77.6 Å². The molecule has 2 aliphatic rings. The third-order valence-electron chi connectivity index (χ3n) is 6.74. The maximum atomic E-state index is 13.6. The second-order valence-corrected chi connectivity index (χ2v) is 8.09. The normalized spacial score (nSPS) is 31.1. The van der Waals surface area contributed by atoms with Crippen LogP contribution in [-0.4, -0.2) is 4.98 Å². The summed E-state index contributed by atoms with van der Waals surface area (Å²) in [6.45, 7) is 2.33. The molecule has 2 fully saturated rings. The van der Waals surface area contributed by atoms with E-state index in [2.05, 4.69) is 11.9 Å². The van der Waals surface area contributed by atoms with Crippen LogP contribution in [0.25, 0.3) is 0 Å². The summed E-state index contributed by atoms with van der Waals surface area (Å²) in [4.78, 5) is 3.29. The molecule has 0 radical (unpaired) electrons. The number of hydrogen-bond acceptors (Lipinski definition) is 1. The van der Waals surface area contributed by atoms with Crippen LogP contribution in [0.2, 0.25) is 0 Å². The van der Waals surface area contributed by atoms with Crippen molar-refractivity contribution in [3.63, 3.8) is 0 Å². The molecule has 134 valence electrons. The van der Waals surface area contributed by atoms with Gasteiger partial charge in [-0.15, -0.1) is 0 Å². The van der Waals surface area contributed by atoms with Gasteiger partial charge in [-0.3, -0.25) is 0 Å². The zero-order valence-corrected chi connectivity index (χ0v) is 14.9. The molecule has 1 aromatic rings. The molecule has 2 aliphatic carbocycles. The Labute approximate surface area is 145 Å². The molecule has 0 spiro atoms. The van der Waals surface area contributed by atoms with Crippen LogP contribution in [0.15, 0.2) is 12.1 Å². The maximum Gasteiger partial charge on any atom is 0.218 e. The monoisotopic (exact) mass is 335 g/mol. The Morgan fingerprint density at radius 3 is 2.00 bits per heavy atom. The van der Waals surface area contributed by atoms with Gasteiger partial charge in [0.1, 0.15) is 0 Å². The number of nitrogens with zero attached hydrogens (tertiary/aromatic N) is 1. The van der Waals surface area contributed by atoms with Crippen molar-refractivity contribution >= 4 is 0 Å². The van der Waals surface area contributed by atoms with Gasteiger partial charge in [-0.2, -0.15) is 13.8 Å². The lowest BCUT2D eigenvalue weighted by molar-refractivity contribution is 0.142. The zero-order valence-electron chi connectivity index (χ0n) is 14.9. The lowest BCUT2D eigenvalue weighted by Gasteiger charge is -2.37. The molecule has 0 aliphatic heterocycles. The molecule has 1 heterocycles. The van der Waals surface area contributed by atoms with Crippen molar-refractivity contribution in [3.8, 4) is 0 Å². The minimum atomic E-state index is -0.727. The van der Waals surface area contributed by atoms with Gasteiger partial charge in [0, 0.05) is 5.56 Å². The molecule has 0 atom stereocenters. The number of halogens is 2. The third-order valence-corrected chi connectivity index (χ3v) is 6.74. The molecule has 0 amide bonds. The first kappa shape index (κ1) is 17.8. The molecule has 3 heteroatoms. The quantitative estimate of drug-likeness (QED) is 0.574. The van der Waals surface area contributed by atoms with E-state index in [9.17, 15) is 8.78 Å². The lowest BCUT2D eigenvalue weighted by atomic mass is 9.68. The Kier molecular flexibility index (Phi) is 6.24. The molecule has 0 saturated heterocycles. The summed E-state index contributed by atoms with van der Waals surface area (Å²) in [6, 6.07) is 2.82. The van der Waals surface area contributed by atoms with E-state index in [-0.39, 0.29) is 0 Å². The van der Waals surface area contributed by atoms with Gasteiger partial charge < -0.3 is 0 Å². The van der Waals surface area contributed by atoms with Gasteiger partial charge in [-0.05, 0) is 74.3 Å². The van der Waals surface area contributed by atoms with Crippen molar-refractivity contribution in [2.24, 2.45) is 23.7 Å². The summed E-state index contributed by atoms with van der Waals surface area (Å²) in [5, 5.41) is 0. The van der Waals surface area contributed by atoms with E-state index in [1.54, 1.807) is 6.07 Å². The van der Waals surface area contributed by atoms with E-state index in [4.69, 9.17) is 0 Å².